The molecule has 0 radical (unpaired) electrons. The van der Waals surface area contributed by atoms with Crippen LogP contribution >= 0.6 is 0 Å². The van der Waals surface area contributed by atoms with Gasteiger partial charge in [-0.3, -0.25) is 0 Å². The third kappa shape index (κ3) is 3.85. The fourth-order valence-corrected chi connectivity index (χ4v) is 3.54. The molecule has 0 amide bonds. The van der Waals surface area contributed by atoms with Gasteiger partial charge in [-0.2, -0.15) is 0 Å². The molecule has 1 aromatic carbocycles. The number of benzene rings is 1. The molecule has 0 unspecified atom stereocenters. The molecular formula is C17H21NO5S. The minimum atomic E-state index is -3.68. The summed E-state index contributed by atoms with van der Waals surface area (Å²) in [6.07, 6.45) is 0. The van der Waals surface area contributed by atoms with Crippen LogP contribution in [0.2, 0.25) is 0 Å². The lowest BCUT2D eigenvalue weighted by molar-refractivity contribution is 0.0488. The van der Waals surface area contributed by atoms with E-state index in [9.17, 15) is 13.2 Å². The molecule has 0 atom stereocenters. The average Bonchev–Trinajstić information content (AvgIpc) is 3.00. The third-order valence-corrected chi connectivity index (χ3v) is 5.42. The molecule has 0 spiro atoms. The number of furan rings is 1. The number of carbonyl (C=O) groups excluding carboxylic acids is 1. The molecule has 130 valence electrons. The lowest BCUT2D eigenvalue weighted by Crippen LogP contribution is -2.24. The molecule has 1 heterocycles. The van der Waals surface area contributed by atoms with Crippen LogP contribution in [0.1, 0.15) is 39.9 Å². The second kappa shape index (κ2) is 7.19. The Labute approximate surface area is 141 Å². The summed E-state index contributed by atoms with van der Waals surface area (Å²) in [6.45, 7) is 7.50. The second-order valence-electron chi connectivity index (χ2n) is 5.44. The van der Waals surface area contributed by atoms with Gasteiger partial charge in [0.2, 0.25) is 15.8 Å². The van der Waals surface area contributed by atoms with Gasteiger partial charge in [-0.15, -0.1) is 0 Å². The summed E-state index contributed by atoms with van der Waals surface area (Å²) in [6, 6.07) is 6.37. The Morgan fingerprint density at radius 1 is 1.12 bits per heavy atom. The molecule has 6 nitrogen and oxygen atoms in total. The lowest BCUT2D eigenvalue weighted by Gasteiger charge is -2.12. The normalized spacial score (nSPS) is 11.5. The van der Waals surface area contributed by atoms with Crippen molar-refractivity contribution in [3.8, 4) is 0 Å². The van der Waals surface area contributed by atoms with Crippen molar-refractivity contribution < 1.29 is 22.4 Å². The van der Waals surface area contributed by atoms with Gasteiger partial charge >= 0.3 is 5.97 Å². The highest BCUT2D eigenvalue weighted by atomic mass is 32.2. The van der Waals surface area contributed by atoms with Gasteiger partial charge in [0.15, 0.2) is 0 Å². The molecule has 0 bridgehead atoms. The maximum absolute atomic E-state index is 12.5. The van der Waals surface area contributed by atoms with Gasteiger partial charge in [-0.05, 0) is 62.6 Å². The van der Waals surface area contributed by atoms with Crippen LogP contribution in [0.3, 0.4) is 0 Å². The monoisotopic (exact) mass is 351 g/mol. The van der Waals surface area contributed by atoms with Crippen molar-refractivity contribution in [2.75, 3.05) is 6.61 Å². The van der Waals surface area contributed by atoms with Crippen LogP contribution in [0.5, 0.6) is 0 Å². The predicted octanol–water partition coefficient (Wildman–Crippen LogP) is 2.86. The fraction of sp³-hybridized carbons (Fsp3) is 0.353. The van der Waals surface area contributed by atoms with Crippen LogP contribution in [0, 0.1) is 20.8 Å². The molecule has 0 aliphatic heterocycles. The molecule has 2 aromatic rings. The van der Waals surface area contributed by atoms with Crippen molar-refractivity contribution >= 4 is 16.0 Å². The van der Waals surface area contributed by atoms with E-state index in [-0.39, 0.29) is 23.8 Å². The first-order valence-electron chi connectivity index (χ1n) is 7.58. The minimum Gasteiger partial charge on any atom is -0.460 e. The number of rotatable bonds is 6. The molecule has 2 rings (SSSR count). The molecule has 1 aromatic heterocycles. The number of aryl methyl sites for hydroxylation is 1. The summed E-state index contributed by atoms with van der Waals surface area (Å²) < 4.78 is 37.6. The minimum absolute atomic E-state index is 0.0475. The van der Waals surface area contributed by atoms with E-state index in [4.69, 9.17) is 9.15 Å². The van der Waals surface area contributed by atoms with Crippen LogP contribution in [0.4, 0.5) is 0 Å². The summed E-state index contributed by atoms with van der Waals surface area (Å²) >= 11 is 0. The molecule has 0 fully saturated rings. The molecule has 1 N–H and O–H groups in total. The Morgan fingerprint density at radius 2 is 1.83 bits per heavy atom. The Morgan fingerprint density at radius 3 is 2.50 bits per heavy atom. The van der Waals surface area contributed by atoms with E-state index in [1.54, 1.807) is 32.0 Å². The smallest absolute Gasteiger partial charge is 0.374 e. The van der Waals surface area contributed by atoms with Gasteiger partial charge in [0.1, 0.15) is 5.76 Å². The maximum atomic E-state index is 12.5. The van der Waals surface area contributed by atoms with Crippen molar-refractivity contribution in [3.63, 3.8) is 0 Å². The summed E-state index contributed by atoms with van der Waals surface area (Å²) in [5.74, 6) is -0.187. The lowest BCUT2D eigenvalue weighted by atomic mass is 10.1. The Hall–Kier alpha value is -2.12. The maximum Gasteiger partial charge on any atom is 0.374 e. The van der Waals surface area contributed by atoms with Gasteiger partial charge in [0, 0.05) is 0 Å². The van der Waals surface area contributed by atoms with Crippen LogP contribution in [-0.4, -0.2) is 21.0 Å². The zero-order chi connectivity index (χ0) is 17.9. The molecule has 0 aliphatic carbocycles. The Balaban J connectivity index is 2.14. The van der Waals surface area contributed by atoms with E-state index in [0.29, 0.717) is 11.3 Å². The van der Waals surface area contributed by atoms with Crippen molar-refractivity contribution in [2.45, 2.75) is 39.1 Å². The van der Waals surface area contributed by atoms with E-state index in [1.807, 2.05) is 13.8 Å². The summed E-state index contributed by atoms with van der Waals surface area (Å²) in [7, 11) is -3.68. The van der Waals surface area contributed by atoms with Crippen LogP contribution in [-0.2, 0) is 21.3 Å². The third-order valence-electron chi connectivity index (χ3n) is 3.87. The largest absolute Gasteiger partial charge is 0.460 e. The van der Waals surface area contributed by atoms with E-state index >= 15 is 0 Å². The Kier molecular flexibility index (Phi) is 5.46. The molecule has 7 heteroatoms. The van der Waals surface area contributed by atoms with Gasteiger partial charge < -0.3 is 9.15 Å². The summed E-state index contributed by atoms with van der Waals surface area (Å²) in [4.78, 5) is 11.8. The molecule has 0 aliphatic rings. The standard InChI is InChI=1S/C17H21NO5S/c1-5-22-17(19)15-8-7-14(23-15)10-18-24(20,21)16-9-6-11(2)12(3)13(16)4/h6-9,18H,5,10H2,1-4H3. The number of sulfonamides is 1. The SMILES string of the molecule is CCOC(=O)c1ccc(CNS(=O)(=O)c2ccc(C)c(C)c2C)o1. The van der Waals surface area contributed by atoms with Gasteiger partial charge in [-0.1, -0.05) is 6.07 Å². The highest BCUT2D eigenvalue weighted by Crippen LogP contribution is 2.21. The van der Waals surface area contributed by atoms with Crippen LogP contribution in [0.15, 0.2) is 33.6 Å². The van der Waals surface area contributed by atoms with Crippen LogP contribution < -0.4 is 4.72 Å². The number of nitrogens with one attached hydrogen (secondary N) is 1. The summed E-state index contributed by atoms with van der Waals surface area (Å²) in [5.41, 5.74) is 2.70. The quantitative estimate of drug-likeness (QED) is 0.809. The van der Waals surface area contributed by atoms with E-state index in [2.05, 4.69) is 4.72 Å². The number of hydrogen-bond acceptors (Lipinski definition) is 5. The predicted molar refractivity (Wildman–Crippen MR) is 89.3 cm³/mol. The van der Waals surface area contributed by atoms with E-state index < -0.39 is 16.0 Å². The van der Waals surface area contributed by atoms with Crippen molar-refractivity contribution in [3.05, 3.63) is 52.5 Å². The fourth-order valence-electron chi connectivity index (χ4n) is 2.25. The molecule has 0 saturated heterocycles. The van der Waals surface area contributed by atoms with Crippen molar-refractivity contribution in [1.29, 1.82) is 0 Å². The topological polar surface area (TPSA) is 85.6 Å². The van der Waals surface area contributed by atoms with E-state index in [0.717, 1.165) is 11.1 Å². The Bertz CT molecular complexity index is 852. The first kappa shape index (κ1) is 18.2. The van der Waals surface area contributed by atoms with Crippen molar-refractivity contribution in [1.82, 2.24) is 4.72 Å². The first-order valence-corrected chi connectivity index (χ1v) is 9.07. The van der Waals surface area contributed by atoms with Crippen LogP contribution in [0.25, 0.3) is 0 Å². The zero-order valence-corrected chi connectivity index (χ0v) is 15.0. The van der Waals surface area contributed by atoms with E-state index in [1.165, 1.54) is 6.07 Å². The van der Waals surface area contributed by atoms with Gasteiger partial charge in [0.25, 0.3) is 0 Å². The average molecular weight is 351 g/mol. The zero-order valence-electron chi connectivity index (χ0n) is 14.2. The highest BCUT2D eigenvalue weighted by molar-refractivity contribution is 7.89. The highest BCUT2D eigenvalue weighted by Gasteiger charge is 2.19. The first-order chi connectivity index (χ1) is 11.3. The summed E-state index contributed by atoms with van der Waals surface area (Å²) in [5, 5.41) is 0. The second-order valence-corrected chi connectivity index (χ2v) is 7.18. The number of esters is 1. The molecule has 24 heavy (non-hydrogen) atoms. The van der Waals surface area contributed by atoms with Gasteiger partial charge in [0.05, 0.1) is 18.0 Å². The van der Waals surface area contributed by atoms with Gasteiger partial charge in [-0.25, -0.2) is 17.9 Å². The van der Waals surface area contributed by atoms with Crippen molar-refractivity contribution in [2.24, 2.45) is 0 Å². The molecular weight excluding hydrogens is 330 g/mol. The number of hydrogen-bond donors (Lipinski definition) is 1. The number of carbonyl (C=O) groups is 1. The molecule has 0 saturated carbocycles. The number of ether oxygens (including phenoxy) is 1.